The summed E-state index contributed by atoms with van der Waals surface area (Å²) in [7, 11) is 0. The van der Waals surface area contributed by atoms with Crippen molar-refractivity contribution in [2.45, 2.75) is 33.2 Å². The van der Waals surface area contributed by atoms with Crippen LogP contribution in [0.25, 0.3) is 11.4 Å². The maximum Gasteiger partial charge on any atom is 0.164 e. The molecule has 0 aliphatic heterocycles. The van der Waals surface area contributed by atoms with Gasteiger partial charge in [0, 0.05) is 24.5 Å². The van der Waals surface area contributed by atoms with Gasteiger partial charge in [-0.2, -0.15) is 5.10 Å². The van der Waals surface area contributed by atoms with Crippen LogP contribution < -0.4 is 5.73 Å². The Bertz CT molecular complexity index is 503. The molecule has 0 spiro atoms. The molecule has 0 fully saturated rings. The Morgan fingerprint density at radius 1 is 1.29 bits per heavy atom. The van der Waals surface area contributed by atoms with Crippen molar-refractivity contribution in [3.05, 3.63) is 24.2 Å². The Hall–Kier alpha value is -1.91. The lowest BCUT2D eigenvalue weighted by molar-refractivity contribution is 0.660. The van der Waals surface area contributed by atoms with Crippen LogP contribution in [0.15, 0.2) is 18.5 Å². The lowest BCUT2D eigenvalue weighted by Gasteiger charge is -2.03. The molecule has 0 amide bonds. The number of hydrogen-bond acceptors (Lipinski definition) is 4. The first kappa shape index (κ1) is 11.6. The molecule has 17 heavy (non-hydrogen) atoms. The van der Waals surface area contributed by atoms with E-state index in [0.717, 1.165) is 30.6 Å². The summed E-state index contributed by atoms with van der Waals surface area (Å²) in [4.78, 5) is 8.74. The third-order valence-corrected chi connectivity index (χ3v) is 2.52. The van der Waals surface area contributed by atoms with E-state index in [-0.39, 0.29) is 0 Å². The van der Waals surface area contributed by atoms with Gasteiger partial charge in [-0.05, 0) is 13.3 Å². The molecule has 0 unspecified atom stereocenters. The van der Waals surface area contributed by atoms with Gasteiger partial charge in [0.05, 0.1) is 11.8 Å². The van der Waals surface area contributed by atoms with Crippen molar-refractivity contribution < 1.29 is 0 Å². The van der Waals surface area contributed by atoms with E-state index < -0.39 is 0 Å². The van der Waals surface area contributed by atoms with E-state index in [1.54, 1.807) is 6.20 Å². The summed E-state index contributed by atoms with van der Waals surface area (Å²) in [5.41, 5.74) is 7.69. The zero-order valence-corrected chi connectivity index (χ0v) is 10.2. The fourth-order valence-corrected chi connectivity index (χ4v) is 1.68. The molecule has 0 aromatic carbocycles. The second kappa shape index (κ2) is 4.95. The molecular formula is C12H17N5. The molecule has 2 rings (SSSR count). The molecule has 0 saturated heterocycles. The highest BCUT2D eigenvalue weighted by Gasteiger charge is 2.07. The molecule has 0 bridgehead atoms. The van der Waals surface area contributed by atoms with E-state index in [4.69, 9.17) is 5.73 Å². The number of aromatic nitrogens is 4. The predicted octanol–water partition coefficient (Wildman–Crippen LogP) is 1.89. The number of nitrogens with two attached hydrogens (primary N) is 1. The van der Waals surface area contributed by atoms with E-state index in [2.05, 4.69) is 22.0 Å². The Morgan fingerprint density at radius 2 is 2.12 bits per heavy atom. The number of anilines is 1. The van der Waals surface area contributed by atoms with E-state index in [1.807, 2.05) is 23.9 Å². The van der Waals surface area contributed by atoms with E-state index in [1.165, 1.54) is 0 Å². The second-order valence-electron chi connectivity index (χ2n) is 3.94. The van der Waals surface area contributed by atoms with E-state index in [0.29, 0.717) is 11.6 Å². The molecule has 5 heteroatoms. The Morgan fingerprint density at radius 3 is 2.76 bits per heavy atom. The molecule has 5 nitrogen and oxygen atoms in total. The third kappa shape index (κ3) is 2.61. The van der Waals surface area contributed by atoms with Gasteiger partial charge in [0.25, 0.3) is 0 Å². The molecule has 2 heterocycles. The third-order valence-electron chi connectivity index (χ3n) is 2.52. The number of nitrogen functional groups attached to an aromatic ring is 1. The van der Waals surface area contributed by atoms with Crippen molar-refractivity contribution in [1.29, 1.82) is 0 Å². The topological polar surface area (TPSA) is 69.6 Å². The highest BCUT2D eigenvalue weighted by Crippen LogP contribution is 2.16. The van der Waals surface area contributed by atoms with Crippen LogP contribution in [-0.2, 0) is 13.0 Å². The average molecular weight is 231 g/mol. The lowest BCUT2D eigenvalue weighted by atomic mass is 10.2. The van der Waals surface area contributed by atoms with Crippen molar-refractivity contribution in [3.63, 3.8) is 0 Å². The first-order valence-corrected chi connectivity index (χ1v) is 5.89. The van der Waals surface area contributed by atoms with Gasteiger partial charge in [-0.25, -0.2) is 9.97 Å². The molecule has 90 valence electrons. The molecule has 2 aromatic rings. The van der Waals surface area contributed by atoms with Crippen molar-refractivity contribution in [3.8, 4) is 11.4 Å². The summed E-state index contributed by atoms with van der Waals surface area (Å²) >= 11 is 0. The van der Waals surface area contributed by atoms with E-state index >= 15 is 0 Å². The van der Waals surface area contributed by atoms with Crippen molar-refractivity contribution in [2.24, 2.45) is 0 Å². The SMILES string of the molecule is CCCc1cc(N)nc(-c2cnn(CC)c2)n1. The maximum absolute atomic E-state index is 5.79. The minimum atomic E-state index is 0.516. The molecule has 2 N–H and O–H groups in total. The summed E-state index contributed by atoms with van der Waals surface area (Å²) in [5.74, 6) is 1.18. The second-order valence-corrected chi connectivity index (χ2v) is 3.94. The fraction of sp³-hybridized carbons (Fsp3) is 0.417. The van der Waals surface area contributed by atoms with Gasteiger partial charge >= 0.3 is 0 Å². The standard InChI is InChI=1S/C12H17N5/c1-3-5-10-6-11(13)16-12(15-10)9-7-14-17(4-2)8-9/h6-8H,3-5H2,1-2H3,(H2,13,15,16). The molecule has 0 saturated carbocycles. The summed E-state index contributed by atoms with van der Waals surface area (Å²) in [6.07, 6.45) is 5.67. The largest absolute Gasteiger partial charge is 0.384 e. The molecule has 2 aromatic heterocycles. The van der Waals surface area contributed by atoms with Crippen molar-refractivity contribution >= 4 is 5.82 Å². The first-order chi connectivity index (χ1) is 8.22. The van der Waals surface area contributed by atoms with Crippen LogP contribution >= 0.6 is 0 Å². The quantitative estimate of drug-likeness (QED) is 0.872. The van der Waals surface area contributed by atoms with Crippen LogP contribution in [0.3, 0.4) is 0 Å². The molecule has 0 radical (unpaired) electrons. The highest BCUT2D eigenvalue weighted by atomic mass is 15.3. The summed E-state index contributed by atoms with van der Waals surface area (Å²) in [6, 6.07) is 1.83. The lowest BCUT2D eigenvalue weighted by Crippen LogP contribution is -2.00. The van der Waals surface area contributed by atoms with E-state index in [9.17, 15) is 0 Å². The Balaban J connectivity index is 2.37. The van der Waals surface area contributed by atoms with Crippen molar-refractivity contribution in [2.75, 3.05) is 5.73 Å². The van der Waals surface area contributed by atoms with Gasteiger partial charge < -0.3 is 5.73 Å². The summed E-state index contributed by atoms with van der Waals surface area (Å²) in [6.45, 7) is 5.00. The summed E-state index contributed by atoms with van der Waals surface area (Å²) in [5, 5.41) is 4.21. The number of hydrogen-bond donors (Lipinski definition) is 1. The van der Waals surface area contributed by atoms with Crippen LogP contribution in [-0.4, -0.2) is 19.7 Å². The minimum Gasteiger partial charge on any atom is -0.384 e. The van der Waals surface area contributed by atoms with Crippen molar-refractivity contribution in [1.82, 2.24) is 19.7 Å². The zero-order chi connectivity index (χ0) is 12.3. The Labute approximate surface area is 101 Å². The molecule has 0 aliphatic rings. The van der Waals surface area contributed by atoms with Gasteiger partial charge in [-0.15, -0.1) is 0 Å². The van der Waals surface area contributed by atoms with Gasteiger partial charge in [0.2, 0.25) is 0 Å². The molecule has 0 atom stereocenters. The van der Waals surface area contributed by atoms with Gasteiger partial charge in [-0.1, -0.05) is 13.3 Å². The highest BCUT2D eigenvalue weighted by molar-refractivity contribution is 5.54. The molecular weight excluding hydrogens is 214 g/mol. The van der Waals surface area contributed by atoms with Crippen LogP contribution in [0, 0.1) is 0 Å². The first-order valence-electron chi connectivity index (χ1n) is 5.89. The number of rotatable bonds is 4. The predicted molar refractivity (Wildman–Crippen MR) is 67.3 cm³/mol. The van der Waals surface area contributed by atoms with Crippen LogP contribution in [0.1, 0.15) is 26.0 Å². The van der Waals surface area contributed by atoms with Gasteiger partial charge in [-0.3, -0.25) is 4.68 Å². The van der Waals surface area contributed by atoms with Crippen LogP contribution in [0.5, 0.6) is 0 Å². The normalized spacial score (nSPS) is 10.7. The van der Waals surface area contributed by atoms with Gasteiger partial charge in [0.15, 0.2) is 5.82 Å². The molecule has 0 aliphatic carbocycles. The van der Waals surface area contributed by atoms with Crippen LogP contribution in [0.2, 0.25) is 0 Å². The maximum atomic E-state index is 5.79. The zero-order valence-electron chi connectivity index (χ0n) is 10.2. The number of aryl methyl sites for hydroxylation is 2. The monoisotopic (exact) mass is 231 g/mol. The Kier molecular flexibility index (Phi) is 3.37. The average Bonchev–Trinajstić information content (AvgIpc) is 2.77. The van der Waals surface area contributed by atoms with Crippen LogP contribution in [0.4, 0.5) is 5.82 Å². The smallest absolute Gasteiger partial charge is 0.164 e. The minimum absolute atomic E-state index is 0.516. The number of nitrogens with zero attached hydrogens (tertiary/aromatic N) is 4. The summed E-state index contributed by atoms with van der Waals surface area (Å²) < 4.78 is 1.85. The fourth-order valence-electron chi connectivity index (χ4n) is 1.68. The van der Waals surface area contributed by atoms with Gasteiger partial charge in [0.1, 0.15) is 5.82 Å².